The second-order valence-electron chi connectivity index (χ2n) is 9.67. The van der Waals surface area contributed by atoms with Gasteiger partial charge in [-0.15, -0.1) is 0 Å². The molecule has 1 amide bonds. The Morgan fingerprint density at radius 1 is 1.05 bits per heavy atom. The van der Waals surface area contributed by atoms with Crippen LogP contribution in [0.15, 0.2) is 48.5 Å². The molecular weight excluding hydrogens is 584 g/mol. The van der Waals surface area contributed by atoms with Gasteiger partial charge in [0.25, 0.3) is 5.91 Å². The standard InChI is InChI=1S/C29H27ClF4N2O6/c1-40-24-13-17(4-8-23(24)42-19-5-6-19)26(38)35-15-28(9-10-37,29(32,33)34)25-14-18(27(39)41-2)12-22(36-25)16-3-7-21(31)20(30)11-16/h3-4,7-8,11-14,19,37H,5-6,9-10,15H2,1-2H3,(H,35,38). The lowest BCUT2D eigenvalue weighted by Gasteiger charge is -2.35. The van der Waals surface area contributed by atoms with E-state index in [1.54, 1.807) is 0 Å². The van der Waals surface area contributed by atoms with Crippen LogP contribution in [0.2, 0.25) is 5.02 Å². The summed E-state index contributed by atoms with van der Waals surface area (Å²) in [5.41, 5.74) is -3.91. The molecule has 4 rings (SSSR count). The minimum absolute atomic E-state index is 0.00739. The highest BCUT2D eigenvalue weighted by Gasteiger charge is 2.57. The van der Waals surface area contributed by atoms with Gasteiger partial charge in [0.2, 0.25) is 0 Å². The number of aromatic nitrogens is 1. The van der Waals surface area contributed by atoms with Crippen LogP contribution in [0.3, 0.4) is 0 Å². The third kappa shape index (κ3) is 6.60. The van der Waals surface area contributed by atoms with Crippen LogP contribution >= 0.6 is 11.6 Å². The molecule has 1 saturated carbocycles. The molecule has 0 bridgehead atoms. The Morgan fingerprint density at radius 2 is 1.79 bits per heavy atom. The van der Waals surface area contributed by atoms with Crippen molar-refractivity contribution in [2.45, 2.75) is 37.0 Å². The number of esters is 1. The van der Waals surface area contributed by atoms with Crippen molar-refractivity contribution in [2.24, 2.45) is 0 Å². The van der Waals surface area contributed by atoms with E-state index in [2.05, 4.69) is 10.3 Å². The number of aliphatic hydroxyl groups excluding tert-OH is 1. The number of hydrogen-bond donors (Lipinski definition) is 2. The van der Waals surface area contributed by atoms with Crippen LogP contribution in [0, 0.1) is 5.82 Å². The van der Waals surface area contributed by atoms with E-state index in [0.717, 1.165) is 38.2 Å². The van der Waals surface area contributed by atoms with E-state index in [9.17, 15) is 32.3 Å². The highest BCUT2D eigenvalue weighted by molar-refractivity contribution is 6.31. The summed E-state index contributed by atoms with van der Waals surface area (Å²) in [5, 5.41) is 11.7. The van der Waals surface area contributed by atoms with Crippen molar-refractivity contribution in [3.05, 3.63) is 76.2 Å². The zero-order valence-electron chi connectivity index (χ0n) is 22.6. The molecule has 1 fully saturated rings. The Morgan fingerprint density at radius 3 is 2.38 bits per heavy atom. The molecule has 13 heteroatoms. The van der Waals surface area contributed by atoms with Crippen molar-refractivity contribution >= 4 is 23.5 Å². The third-order valence-electron chi connectivity index (χ3n) is 6.83. The Labute approximate surface area is 243 Å². The summed E-state index contributed by atoms with van der Waals surface area (Å²) in [5.74, 6) is -1.94. The molecule has 1 unspecified atom stereocenters. The predicted octanol–water partition coefficient (Wildman–Crippen LogP) is 5.49. The number of carbonyl (C=O) groups excluding carboxylic acids is 2. The molecule has 2 N–H and O–H groups in total. The van der Waals surface area contributed by atoms with Gasteiger partial charge in [0.15, 0.2) is 11.5 Å². The van der Waals surface area contributed by atoms with Gasteiger partial charge in [0, 0.05) is 24.3 Å². The first-order chi connectivity index (χ1) is 19.9. The molecular formula is C29H27ClF4N2O6. The van der Waals surface area contributed by atoms with Gasteiger partial charge in [-0.2, -0.15) is 13.2 Å². The summed E-state index contributed by atoms with van der Waals surface area (Å²) >= 11 is 5.88. The highest BCUT2D eigenvalue weighted by Crippen LogP contribution is 2.44. The van der Waals surface area contributed by atoms with E-state index in [4.69, 9.17) is 25.8 Å². The van der Waals surface area contributed by atoms with Crippen molar-refractivity contribution in [1.82, 2.24) is 10.3 Å². The third-order valence-corrected chi connectivity index (χ3v) is 7.12. The van der Waals surface area contributed by atoms with Gasteiger partial charge in [-0.25, -0.2) is 9.18 Å². The number of pyridine rings is 1. The number of carbonyl (C=O) groups is 2. The number of rotatable bonds is 11. The molecule has 2 aromatic carbocycles. The van der Waals surface area contributed by atoms with Crippen molar-refractivity contribution in [1.29, 1.82) is 0 Å². The normalized spacial score (nSPS) is 14.6. The van der Waals surface area contributed by atoms with Crippen LogP contribution in [-0.2, 0) is 10.2 Å². The minimum atomic E-state index is -5.07. The SMILES string of the molecule is COC(=O)c1cc(-c2ccc(F)c(Cl)c2)nc(C(CCO)(CNC(=O)c2ccc(OC3CC3)c(OC)c2)C(F)(F)F)c1. The largest absolute Gasteiger partial charge is 0.493 e. The maximum Gasteiger partial charge on any atom is 0.401 e. The Bertz CT molecular complexity index is 1480. The van der Waals surface area contributed by atoms with Gasteiger partial charge in [-0.3, -0.25) is 9.78 Å². The molecule has 1 aliphatic rings. The zero-order valence-corrected chi connectivity index (χ0v) is 23.3. The average Bonchev–Trinajstić information content (AvgIpc) is 3.79. The maximum absolute atomic E-state index is 14.9. The number of hydrogen-bond acceptors (Lipinski definition) is 7. The Balaban J connectivity index is 1.75. The molecule has 224 valence electrons. The van der Waals surface area contributed by atoms with Crippen molar-refractivity contribution < 1.29 is 46.5 Å². The monoisotopic (exact) mass is 610 g/mol. The number of halogens is 5. The summed E-state index contributed by atoms with van der Waals surface area (Å²) < 4.78 is 74.3. The number of alkyl halides is 3. The van der Waals surface area contributed by atoms with Crippen molar-refractivity contribution in [2.75, 3.05) is 27.4 Å². The fourth-order valence-electron chi connectivity index (χ4n) is 4.30. The molecule has 1 aliphatic carbocycles. The average molecular weight is 611 g/mol. The van der Waals surface area contributed by atoms with E-state index in [0.29, 0.717) is 5.75 Å². The number of benzene rings is 2. The molecule has 0 spiro atoms. The van der Waals surface area contributed by atoms with Crippen molar-refractivity contribution in [3.8, 4) is 22.8 Å². The molecule has 42 heavy (non-hydrogen) atoms. The Hall–Kier alpha value is -3.90. The van der Waals surface area contributed by atoms with E-state index < -0.39 is 54.6 Å². The van der Waals surface area contributed by atoms with Gasteiger partial charge in [0.1, 0.15) is 11.2 Å². The lowest BCUT2D eigenvalue weighted by atomic mass is 9.79. The number of nitrogens with one attached hydrogen (secondary N) is 1. The first-order valence-corrected chi connectivity index (χ1v) is 13.2. The van der Waals surface area contributed by atoms with Crippen LogP contribution in [0.25, 0.3) is 11.3 Å². The van der Waals surface area contributed by atoms with Crippen molar-refractivity contribution in [3.63, 3.8) is 0 Å². The summed E-state index contributed by atoms with van der Waals surface area (Å²) in [4.78, 5) is 29.7. The molecule has 1 heterocycles. The van der Waals surface area contributed by atoms with Gasteiger partial charge in [-0.05, 0) is 67.8 Å². The fraction of sp³-hybridized carbons (Fsp3) is 0.345. The van der Waals surface area contributed by atoms with Crippen LogP contribution in [0.5, 0.6) is 11.5 Å². The number of aliphatic hydroxyl groups is 1. The van der Waals surface area contributed by atoms with Crippen LogP contribution in [-0.4, -0.2) is 61.6 Å². The maximum atomic E-state index is 14.9. The quantitative estimate of drug-likeness (QED) is 0.218. The van der Waals surface area contributed by atoms with Gasteiger partial charge in [0.05, 0.1) is 42.3 Å². The van der Waals surface area contributed by atoms with Gasteiger partial charge in [-0.1, -0.05) is 11.6 Å². The van der Waals surface area contributed by atoms with E-state index >= 15 is 0 Å². The Kier molecular flexibility index (Phi) is 9.27. The van der Waals surface area contributed by atoms with Crippen LogP contribution < -0.4 is 14.8 Å². The first-order valence-electron chi connectivity index (χ1n) is 12.8. The molecule has 1 atom stereocenters. The van der Waals surface area contributed by atoms with E-state index in [1.807, 2.05) is 0 Å². The second-order valence-corrected chi connectivity index (χ2v) is 10.1. The number of nitrogens with zero attached hydrogens (tertiary/aromatic N) is 1. The first kappa shape index (κ1) is 31.0. The molecule has 0 saturated heterocycles. The van der Waals surface area contributed by atoms with Gasteiger partial charge >= 0.3 is 12.1 Å². The highest BCUT2D eigenvalue weighted by atomic mass is 35.5. The molecule has 8 nitrogen and oxygen atoms in total. The predicted molar refractivity (Wildman–Crippen MR) is 144 cm³/mol. The van der Waals surface area contributed by atoms with E-state index in [-0.39, 0.29) is 39.3 Å². The second kappa shape index (κ2) is 12.5. The lowest BCUT2D eigenvalue weighted by Crippen LogP contribution is -2.52. The number of ether oxygens (including phenoxy) is 3. The fourth-order valence-corrected chi connectivity index (χ4v) is 4.49. The van der Waals surface area contributed by atoms with Crippen LogP contribution in [0.4, 0.5) is 17.6 Å². The summed E-state index contributed by atoms with van der Waals surface area (Å²) in [6.45, 7) is -1.97. The molecule has 0 aliphatic heterocycles. The molecule has 0 radical (unpaired) electrons. The van der Waals surface area contributed by atoms with Crippen LogP contribution in [0.1, 0.15) is 45.7 Å². The summed E-state index contributed by atoms with van der Waals surface area (Å²) in [7, 11) is 2.43. The topological polar surface area (TPSA) is 107 Å². The number of amides is 1. The number of methoxy groups -OCH3 is 2. The zero-order chi connectivity index (χ0) is 30.7. The van der Waals surface area contributed by atoms with Gasteiger partial charge < -0.3 is 24.6 Å². The lowest BCUT2D eigenvalue weighted by molar-refractivity contribution is -0.194. The molecule has 1 aromatic heterocycles. The smallest absolute Gasteiger partial charge is 0.401 e. The minimum Gasteiger partial charge on any atom is -0.493 e. The van der Waals surface area contributed by atoms with E-state index in [1.165, 1.54) is 37.4 Å². The summed E-state index contributed by atoms with van der Waals surface area (Å²) in [6.07, 6.45) is -4.15. The summed E-state index contributed by atoms with van der Waals surface area (Å²) in [6, 6.07) is 9.70. The molecule has 3 aromatic rings.